The van der Waals surface area contributed by atoms with Crippen LogP contribution in [0.2, 0.25) is 0 Å². The summed E-state index contributed by atoms with van der Waals surface area (Å²) in [6.45, 7) is 0. The van der Waals surface area contributed by atoms with Crippen molar-refractivity contribution < 1.29 is 14.0 Å². The second-order valence-electron chi connectivity index (χ2n) is 8.26. The van der Waals surface area contributed by atoms with Gasteiger partial charge in [0.1, 0.15) is 5.82 Å². The first-order valence-electron chi connectivity index (χ1n) is 10.8. The lowest BCUT2D eigenvalue weighted by molar-refractivity contribution is -0.0759. The molecule has 31 heavy (non-hydrogen) atoms. The number of carbonyl (C=O) groups is 1. The zero-order valence-corrected chi connectivity index (χ0v) is 17.8. The van der Waals surface area contributed by atoms with Gasteiger partial charge < -0.3 is 4.57 Å². The van der Waals surface area contributed by atoms with E-state index in [1.807, 2.05) is 18.5 Å². The van der Waals surface area contributed by atoms with Crippen LogP contribution in [0.4, 0.5) is 10.1 Å². The number of halogens is 1. The second-order valence-corrected chi connectivity index (χ2v) is 8.26. The largest absolute Gasteiger partial charge is 0.327 e. The number of hydrogen-bond acceptors (Lipinski definition) is 4. The maximum Gasteiger partial charge on any atom is 0.280 e. The maximum atomic E-state index is 15.1. The molecule has 0 bridgehead atoms. The molecule has 2 aliphatic rings. The van der Waals surface area contributed by atoms with Gasteiger partial charge in [0.15, 0.2) is 0 Å². The van der Waals surface area contributed by atoms with Crippen molar-refractivity contribution in [2.45, 2.75) is 44.6 Å². The van der Waals surface area contributed by atoms with Gasteiger partial charge in [0, 0.05) is 31.3 Å². The fourth-order valence-electron chi connectivity index (χ4n) is 4.81. The minimum atomic E-state index is -0.569. The predicted molar refractivity (Wildman–Crippen MR) is 118 cm³/mol. The number of aliphatic imine (C=N–C) groups is 1. The number of nitrogens with zero attached hydrogens (tertiary/aromatic N) is 4. The lowest BCUT2D eigenvalue weighted by Gasteiger charge is -2.23. The van der Waals surface area contributed by atoms with Gasteiger partial charge in [-0.1, -0.05) is 25.3 Å². The van der Waals surface area contributed by atoms with Crippen LogP contribution in [0.25, 0.3) is 22.2 Å². The summed E-state index contributed by atoms with van der Waals surface area (Å²) >= 11 is 0. The SMILES string of the molecule is CON(C)C(=O)c1c(F)cc(-c2ccc3c(c2)ncn3C2CCCCC2)c2c1CC=N2. The first kappa shape index (κ1) is 19.9. The van der Waals surface area contributed by atoms with Gasteiger partial charge in [-0.3, -0.25) is 14.6 Å². The molecule has 0 spiro atoms. The Morgan fingerprint density at radius 3 is 2.81 bits per heavy atom. The molecule has 7 heteroatoms. The Kier molecular flexibility index (Phi) is 5.06. The molecule has 5 rings (SSSR count). The van der Waals surface area contributed by atoms with Crippen molar-refractivity contribution in [2.24, 2.45) is 4.99 Å². The van der Waals surface area contributed by atoms with Gasteiger partial charge in [-0.2, -0.15) is 0 Å². The third kappa shape index (κ3) is 3.33. The predicted octanol–water partition coefficient (Wildman–Crippen LogP) is 5.24. The molecular weight excluding hydrogens is 395 g/mol. The Labute approximate surface area is 180 Å². The molecule has 160 valence electrons. The fraction of sp³-hybridized carbons (Fsp3) is 0.375. The minimum absolute atomic E-state index is 0.0169. The van der Waals surface area contributed by atoms with Crippen molar-refractivity contribution in [3.8, 4) is 11.1 Å². The van der Waals surface area contributed by atoms with Crippen molar-refractivity contribution in [1.82, 2.24) is 14.6 Å². The van der Waals surface area contributed by atoms with Crippen LogP contribution in [0.15, 0.2) is 35.6 Å². The van der Waals surface area contributed by atoms with Crippen molar-refractivity contribution in [2.75, 3.05) is 14.2 Å². The van der Waals surface area contributed by atoms with E-state index in [1.165, 1.54) is 52.3 Å². The third-order valence-corrected chi connectivity index (χ3v) is 6.50. The standard InChI is InChI=1S/C24H25FN4O2/c1-28(31-2)24(30)22-17-10-11-26-23(17)18(13-19(22)25)15-8-9-21-20(12-15)27-14-29(21)16-6-4-3-5-7-16/h8-9,11-14,16H,3-7,10H2,1-2H3. The Balaban J connectivity index is 1.57. The fourth-order valence-corrected chi connectivity index (χ4v) is 4.81. The maximum absolute atomic E-state index is 15.1. The van der Waals surface area contributed by atoms with Crippen LogP contribution in [0.1, 0.15) is 54.1 Å². The van der Waals surface area contributed by atoms with Crippen LogP contribution in [0.5, 0.6) is 0 Å². The summed E-state index contributed by atoms with van der Waals surface area (Å²) in [6, 6.07) is 7.94. The lowest BCUT2D eigenvalue weighted by atomic mass is 9.94. The zero-order chi connectivity index (χ0) is 21.5. The van der Waals surface area contributed by atoms with E-state index in [4.69, 9.17) is 4.84 Å². The van der Waals surface area contributed by atoms with Crippen LogP contribution in [-0.2, 0) is 11.3 Å². The summed E-state index contributed by atoms with van der Waals surface area (Å²) < 4.78 is 17.4. The van der Waals surface area contributed by atoms with Crippen LogP contribution >= 0.6 is 0 Å². The quantitative estimate of drug-likeness (QED) is 0.543. The zero-order valence-electron chi connectivity index (χ0n) is 17.8. The monoisotopic (exact) mass is 420 g/mol. The molecular formula is C24H25FN4O2. The number of fused-ring (bicyclic) bond motifs is 2. The third-order valence-electron chi connectivity index (χ3n) is 6.50. The molecule has 0 atom stereocenters. The molecule has 0 unspecified atom stereocenters. The van der Waals surface area contributed by atoms with Gasteiger partial charge in [-0.15, -0.1) is 0 Å². The van der Waals surface area contributed by atoms with E-state index in [0.717, 1.165) is 21.7 Å². The van der Waals surface area contributed by atoms with E-state index in [9.17, 15) is 4.79 Å². The summed E-state index contributed by atoms with van der Waals surface area (Å²) in [5.74, 6) is -1.09. The van der Waals surface area contributed by atoms with Crippen molar-refractivity contribution >= 4 is 28.8 Å². The van der Waals surface area contributed by atoms with E-state index >= 15 is 4.39 Å². The van der Waals surface area contributed by atoms with E-state index in [1.54, 1.807) is 6.21 Å². The molecule has 2 aromatic carbocycles. The Morgan fingerprint density at radius 2 is 2.03 bits per heavy atom. The van der Waals surface area contributed by atoms with Crippen molar-refractivity contribution in [3.05, 3.63) is 47.5 Å². The smallest absolute Gasteiger partial charge is 0.280 e. The molecule has 0 N–H and O–H groups in total. The summed E-state index contributed by atoms with van der Waals surface area (Å²) in [7, 11) is 2.84. The average Bonchev–Trinajstić information content (AvgIpc) is 3.45. The highest BCUT2D eigenvalue weighted by atomic mass is 19.1. The van der Waals surface area contributed by atoms with Gasteiger partial charge in [-0.25, -0.2) is 14.4 Å². The molecule has 1 amide bonds. The van der Waals surface area contributed by atoms with E-state index in [2.05, 4.69) is 20.6 Å². The first-order chi connectivity index (χ1) is 15.1. The van der Waals surface area contributed by atoms with Gasteiger partial charge in [0.25, 0.3) is 5.91 Å². The number of imidazole rings is 1. The minimum Gasteiger partial charge on any atom is -0.327 e. The van der Waals surface area contributed by atoms with E-state index < -0.39 is 11.7 Å². The summed E-state index contributed by atoms with van der Waals surface area (Å²) in [5.41, 5.74) is 4.75. The Hall–Kier alpha value is -3.06. The molecule has 1 aliphatic heterocycles. The van der Waals surface area contributed by atoms with Crippen LogP contribution in [0.3, 0.4) is 0 Å². The molecule has 0 radical (unpaired) electrons. The Bertz CT molecular complexity index is 1190. The molecule has 2 heterocycles. The first-order valence-corrected chi connectivity index (χ1v) is 10.8. The number of aromatic nitrogens is 2. The highest BCUT2D eigenvalue weighted by molar-refractivity contribution is 6.02. The number of benzene rings is 2. The number of hydroxylamine groups is 2. The van der Waals surface area contributed by atoms with Crippen molar-refractivity contribution in [3.63, 3.8) is 0 Å². The van der Waals surface area contributed by atoms with Gasteiger partial charge in [-0.05, 0) is 42.2 Å². The van der Waals surface area contributed by atoms with Crippen LogP contribution in [0, 0.1) is 5.82 Å². The topological polar surface area (TPSA) is 59.7 Å². The summed E-state index contributed by atoms with van der Waals surface area (Å²) in [6.07, 6.45) is 10.3. The second kappa shape index (κ2) is 7.89. The number of amides is 1. The molecule has 0 saturated heterocycles. The lowest BCUT2D eigenvalue weighted by Crippen LogP contribution is -2.27. The van der Waals surface area contributed by atoms with Gasteiger partial charge in [0.2, 0.25) is 0 Å². The average molecular weight is 420 g/mol. The molecule has 3 aromatic rings. The normalized spacial score (nSPS) is 16.1. The van der Waals surface area contributed by atoms with Crippen molar-refractivity contribution in [1.29, 1.82) is 0 Å². The van der Waals surface area contributed by atoms with Gasteiger partial charge >= 0.3 is 0 Å². The van der Waals surface area contributed by atoms with Crippen LogP contribution < -0.4 is 0 Å². The molecule has 1 fully saturated rings. The summed E-state index contributed by atoms with van der Waals surface area (Å²) in [4.78, 5) is 26.7. The van der Waals surface area contributed by atoms with Crippen LogP contribution in [-0.4, -0.2) is 40.9 Å². The number of rotatable bonds is 4. The number of hydrogen-bond donors (Lipinski definition) is 0. The van der Waals surface area contributed by atoms with E-state index in [0.29, 0.717) is 29.3 Å². The molecule has 1 aliphatic carbocycles. The summed E-state index contributed by atoms with van der Waals surface area (Å²) in [5, 5.41) is 1.03. The highest BCUT2D eigenvalue weighted by Crippen LogP contribution is 2.41. The molecule has 1 saturated carbocycles. The highest BCUT2D eigenvalue weighted by Gasteiger charge is 2.28. The molecule has 6 nitrogen and oxygen atoms in total. The van der Waals surface area contributed by atoms with E-state index in [-0.39, 0.29) is 5.56 Å². The number of carbonyl (C=O) groups excluding carboxylic acids is 1. The molecule has 1 aromatic heterocycles. The van der Waals surface area contributed by atoms with Gasteiger partial charge in [0.05, 0.1) is 35.7 Å². The Morgan fingerprint density at radius 1 is 1.23 bits per heavy atom.